The Morgan fingerprint density at radius 3 is 2.75 bits per heavy atom. The maximum Gasteiger partial charge on any atom is 0.352 e. The van der Waals surface area contributed by atoms with Gasteiger partial charge in [0.1, 0.15) is 29.4 Å². The minimum absolute atomic E-state index is 0.0279. The number of carboxylic acids is 2. The number of nitrogen functional groups attached to an aromatic ring is 1. The number of nitrogens with one attached hydrogen (secondary N) is 2. The van der Waals surface area contributed by atoms with E-state index in [1.54, 1.807) is 0 Å². The van der Waals surface area contributed by atoms with Gasteiger partial charge in [0.25, 0.3) is 11.8 Å². The molecule has 1 saturated heterocycles. The number of nitrogens with zero attached hydrogens (tertiary/aromatic N) is 4. The number of pyridine rings is 1. The molecule has 5 rings (SSSR count). The van der Waals surface area contributed by atoms with E-state index in [1.807, 2.05) is 22.9 Å². The molecule has 5 heterocycles. The molecule has 15 nitrogen and oxygen atoms in total. The summed E-state index contributed by atoms with van der Waals surface area (Å²) in [6.45, 7) is 6.90. The van der Waals surface area contributed by atoms with Gasteiger partial charge in [-0.1, -0.05) is 19.0 Å². The number of amides is 2. The zero-order valence-corrected chi connectivity index (χ0v) is 25.9. The average molecular weight is 647 g/mol. The lowest BCUT2D eigenvalue weighted by molar-refractivity contribution is -0.674. The van der Waals surface area contributed by atoms with Gasteiger partial charge in [-0.15, -0.1) is 23.1 Å². The molecule has 0 bridgehead atoms. The standard InChI is InChI=1S/C27H31N7O8S2/c1-12(2)8-16-30-20-15(41-16)6-5-7-33(20)9-13-10-43-23-18(22(36)34(23)19(13)24(37)38)31-21(35)17(14-11-44-26(28)29-14)32-42-27(3,4)25(39)40/h5-7,11-12,16,18,23H,8-10H2,1-4H3,(H5,28,29,31,35,37,38,39,40)/p+1/t16?,18?,23-/m1/s1. The number of hydrogen-bond donors (Lipinski definition) is 5. The van der Waals surface area contributed by atoms with E-state index in [0.717, 1.165) is 23.6 Å². The number of fused-ring (bicyclic) bond motifs is 2. The molecule has 2 unspecified atom stereocenters. The number of rotatable bonds is 11. The molecule has 2 amide bonds. The van der Waals surface area contributed by atoms with E-state index in [0.29, 0.717) is 17.2 Å². The van der Waals surface area contributed by atoms with Gasteiger partial charge in [-0.05, 0) is 31.9 Å². The third-order valence-corrected chi connectivity index (χ3v) is 9.06. The largest absolute Gasteiger partial charge is 0.478 e. The molecule has 0 spiro atoms. The van der Waals surface area contributed by atoms with Gasteiger partial charge in [-0.2, -0.15) is 0 Å². The number of carbonyl (C=O) groups is 4. The summed E-state index contributed by atoms with van der Waals surface area (Å²) < 4.78 is 7.87. The number of oxime groups is 1. The number of thiazole rings is 1. The molecule has 0 saturated carbocycles. The van der Waals surface area contributed by atoms with Crippen molar-refractivity contribution in [2.45, 2.75) is 63.9 Å². The first-order valence-corrected chi connectivity index (χ1v) is 15.6. The molecule has 17 heteroatoms. The molecule has 3 aliphatic heterocycles. The highest BCUT2D eigenvalue weighted by Gasteiger charge is 2.55. The SMILES string of the molecule is CC(C)CC1Nc2c(ccc[n+]2CC2=C(C(=O)O)N3C(=O)C(NC(=O)C(=NOC(C)(C)C(=O)O)c4csc(N)n4)[C@H]3SC2)O1. The Morgan fingerprint density at radius 2 is 2.11 bits per heavy atom. The van der Waals surface area contributed by atoms with Crippen LogP contribution in [0.15, 0.2) is 40.1 Å². The Hall–Kier alpha value is -4.38. The molecule has 2 aromatic heterocycles. The number of ether oxygens (including phenoxy) is 1. The fourth-order valence-corrected chi connectivity index (χ4v) is 6.68. The first kappa shape index (κ1) is 31.1. The number of nitrogens with two attached hydrogens (primary N) is 1. The summed E-state index contributed by atoms with van der Waals surface area (Å²) in [6.07, 6.45) is 2.40. The number of anilines is 2. The van der Waals surface area contributed by atoms with Crippen LogP contribution < -0.4 is 25.7 Å². The van der Waals surface area contributed by atoms with Crippen LogP contribution in [0.2, 0.25) is 0 Å². The van der Waals surface area contributed by atoms with E-state index in [9.17, 15) is 29.4 Å². The maximum absolute atomic E-state index is 13.3. The third-order valence-electron chi connectivity index (χ3n) is 7.04. The second-order valence-electron chi connectivity index (χ2n) is 11.3. The predicted octanol–water partition coefficient (Wildman–Crippen LogP) is 1.21. The van der Waals surface area contributed by atoms with Crippen molar-refractivity contribution >= 4 is 63.5 Å². The molecule has 44 heavy (non-hydrogen) atoms. The van der Waals surface area contributed by atoms with Crippen molar-refractivity contribution in [1.29, 1.82) is 0 Å². The van der Waals surface area contributed by atoms with Crippen molar-refractivity contribution in [3.8, 4) is 5.75 Å². The Morgan fingerprint density at radius 1 is 1.36 bits per heavy atom. The quantitative estimate of drug-likeness (QED) is 0.101. The monoisotopic (exact) mass is 646 g/mol. The minimum Gasteiger partial charge on any atom is -0.478 e. The van der Waals surface area contributed by atoms with Crippen LogP contribution >= 0.6 is 23.1 Å². The second kappa shape index (κ2) is 12.0. The fraction of sp³-hybridized carbons (Fsp3) is 0.444. The molecule has 234 valence electrons. The number of carbonyl (C=O) groups excluding carboxylic acids is 2. The smallest absolute Gasteiger partial charge is 0.352 e. The minimum atomic E-state index is -1.76. The Balaban J connectivity index is 1.35. The van der Waals surface area contributed by atoms with Crippen LogP contribution in [0.5, 0.6) is 5.75 Å². The summed E-state index contributed by atoms with van der Waals surface area (Å²) in [5, 5.41) is 30.1. The van der Waals surface area contributed by atoms with Crippen LogP contribution in [0.3, 0.4) is 0 Å². The van der Waals surface area contributed by atoms with Crippen LogP contribution in [0, 0.1) is 5.92 Å². The van der Waals surface area contributed by atoms with Crippen molar-refractivity contribution in [3.05, 3.63) is 40.7 Å². The number of thioether (sulfide) groups is 1. The van der Waals surface area contributed by atoms with Gasteiger partial charge in [0, 0.05) is 23.1 Å². The number of aromatic nitrogens is 2. The number of aliphatic carboxylic acids is 2. The van der Waals surface area contributed by atoms with Gasteiger partial charge in [0.15, 0.2) is 10.8 Å². The summed E-state index contributed by atoms with van der Waals surface area (Å²) in [4.78, 5) is 60.9. The lowest BCUT2D eigenvalue weighted by Gasteiger charge is -2.49. The van der Waals surface area contributed by atoms with Crippen molar-refractivity contribution in [2.75, 3.05) is 16.8 Å². The van der Waals surface area contributed by atoms with Crippen LogP contribution in [-0.4, -0.2) is 78.6 Å². The van der Waals surface area contributed by atoms with Gasteiger partial charge in [-0.3, -0.25) is 14.5 Å². The molecular weight excluding hydrogens is 614 g/mol. The summed E-state index contributed by atoms with van der Waals surface area (Å²) in [5.74, 6) is -1.98. The highest BCUT2D eigenvalue weighted by molar-refractivity contribution is 8.00. The molecule has 2 aromatic rings. The van der Waals surface area contributed by atoms with Gasteiger partial charge in [0.05, 0.1) is 6.20 Å². The average Bonchev–Trinajstić information content (AvgIpc) is 3.56. The Kier molecular flexibility index (Phi) is 8.44. The normalized spacial score (nSPS) is 21.2. The lowest BCUT2D eigenvalue weighted by Crippen LogP contribution is -2.71. The zero-order chi connectivity index (χ0) is 31.9. The molecule has 3 atom stereocenters. The van der Waals surface area contributed by atoms with Crippen LogP contribution in [0.25, 0.3) is 0 Å². The number of carboxylic acid groups (broad SMARTS) is 2. The van der Waals surface area contributed by atoms with E-state index >= 15 is 0 Å². The topological polar surface area (TPSA) is 210 Å². The highest BCUT2D eigenvalue weighted by Crippen LogP contribution is 2.41. The number of hydrogen-bond acceptors (Lipinski definition) is 12. The van der Waals surface area contributed by atoms with Crippen molar-refractivity contribution in [3.63, 3.8) is 0 Å². The number of β-lactam (4-membered cyclic amide) rings is 1. The second-order valence-corrected chi connectivity index (χ2v) is 13.3. The zero-order valence-electron chi connectivity index (χ0n) is 24.3. The van der Waals surface area contributed by atoms with Gasteiger partial charge < -0.3 is 30.8 Å². The maximum atomic E-state index is 13.3. The first-order chi connectivity index (χ1) is 20.8. The molecular formula is C27H32N7O8S2+. The molecule has 3 aliphatic rings. The fourth-order valence-electron chi connectivity index (χ4n) is 4.80. The molecule has 0 aromatic carbocycles. The summed E-state index contributed by atoms with van der Waals surface area (Å²) >= 11 is 2.34. The molecule has 6 N–H and O–H groups in total. The summed E-state index contributed by atoms with van der Waals surface area (Å²) in [6, 6.07) is 2.58. The van der Waals surface area contributed by atoms with Crippen LogP contribution in [-0.2, 0) is 30.6 Å². The first-order valence-electron chi connectivity index (χ1n) is 13.6. The van der Waals surface area contributed by atoms with Gasteiger partial charge in [0.2, 0.25) is 17.6 Å². The lowest BCUT2D eigenvalue weighted by atomic mass is 10.0. The van der Waals surface area contributed by atoms with Crippen molar-refractivity contribution in [1.82, 2.24) is 15.2 Å². The van der Waals surface area contributed by atoms with E-state index < -0.39 is 40.8 Å². The Labute approximate surface area is 260 Å². The van der Waals surface area contributed by atoms with E-state index in [2.05, 4.69) is 34.6 Å². The van der Waals surface area contributed by atoms with E-state index in [4.69, 9.17) is 15.3 Å². The van der Waals surface area contributed by atoms with Crippen molar-refractivity contribution in [2.24, 2.45) is 11.1 Å². The third kappa shape index (κ3) is 6.01. The molecule has 0 radical (unpaired) electrons. The summed E-state index contributed by atoms with van der Waals surface area (Å²) in [7, 11) is 0. The van der Waals surface area contributed by atoms with Crippen molar-refractivity contribution < 1.29 is 43.5 Å². The van der Waals surface area contributed by atoms with E-state index in [1.165, 1.54) is 35.9 Å². The Bertz CT molecular complexity index is 1590. The summed E-state index contributed by atoms with van der Waals surface area (Å²) in [5.41, 5.74) is 3.98. The van der Waals surface area contributed by atoms with Crippen LogP contribution in [0.1, 0.15) is 39.8 Å². The molecule has 0 aliphatic carbocycles. The van der Waals surface area contributed by atoms with Gasteiger partial charge >= 0.3 is 17.8 Å². The van der Waals surface area contributed by atoms with Gasteiger partial charge in [-0.25, -0.2) is 24.5 Å². The molecule has 1 fully saturated rings. The predicted molar refractivity (Wildman–Crippen MR) is 160 cm³/mol. The highest BCUT2D eigenvalue weighted by atomic mass is 32.2. The van der Waals surface area contributed by atoms with Crippen LogP contribution in [0.4, 0.5) is 10.9 Å². The van der Waals surface area contributed by atoms with E-state index in [-0.39, 0.29) is 40.8 Å².